The van der Waals surface area contributed by atoms with Crippen molar-refractivity contribution in [1.82, 2.24) is 9.80 Å². The Morgan fingerprint density at radius 3 is 2.80 bits per heavy atom. The molecule has 1 fully saturated rings. The van der Waals surface area contributed by atoms with Crippen LogP contribution in [-0.2, 0) is 24.3 Å². The van der Waals surface area contributed by atoms with Gasteiger partial charge in [-0.1, -0.05) is 38.1 Å². The van der Waals surface area contributed by atoms with Gasteiger partial charge >= 0.3 is 0 Å². The Labute approximate surface area is 209 Å². The van der Waals surface area contributed by atoms with Gasteiger partial charge in [0.2, 0.25) is 5.91 Å². The van der Waals surface area contributed by atoms with Crippen LogP contribution in [0.3, 0.4) is 0 Å². The molecule has 0 aromatic heterocycles. The second-order valence-corrected chi connectivity index (χ2v) is 10.6. The molecule has 3 heterocycles. The number of rotatable bonds is 7. The highest BCUT2D eigenvalue weighted by Gasteiger charge is 2.32. The van der Waals surface area contributed by atoms with E-state index >= 15 is 0 Å². The molecule has 0 saturated carbocycles. The van der Waals surface area contributed by atoms with Gasteiger partial charge in [0.05, 0.1) is 25.7 Å². The summed E-state index contributed by atoms with van der Waals surface area (Å²) >= 11 is 0. The molecule has 0 spiro atoms. The Kier molecular flexibility index (Phi) is 7.19. The number of benzene rings is 2. The van der Waals surface area contributed by atoms with Crippen LogP contribution in [0.4, 0.5) is 0 Å². The third-order valence-corrected chi connectivity index (χ3v) is 7.18. The molecule has 1 saturated heterocycles. The molecule has 2 aromatic carbocycles. The minimum Gasteiger partial charge on any atom is -0.493 e. The molecule has 1 unspecified atom stereocenters. The van der Waals surface area contributed by atoms with Crippen LogP contribution >= 0.6 is 0 Å². The quantitative estimate of drug-likeness (QED) is 0.582. The van der Waals surface area contributed by atoms with Crippen LogP contribution in [0.1, 0.15) is 48.9 Å². The molecule has 0 radical (unpaired) electrons. The monoisotopic (exact) mass is 478 g/mol. The summed E-state index contributed by atoms with van der Waals surface area (Å²) in [7, 11) is 0. The summed E-state index contributed by atoms with van der Waals surface area (Å²) in [5.74, 6) is 3.42. The number of likely N-dealkylation sites (tertiary alicyclic amines) is 1. The molecule has 188 valence electrons. The third kappa shape index (κ3) is 5.43. The van der Waals surface area contributed by atoms with Crippen molar-refractivity contribution in [1.29, 1.82) is 0 Å². The molecule has 5 rings (SSSR count). The summed E-state index contributed by atoms with van der Waals surface area (Å²) in [5.41, 5.74) is 4.73. The molecule has 3 aliphatic heterocycles. The lowest BCUT2D eigenvalue weighted by Crippen LogP contribution is -2.39. The fourth-order valence-electron chi connectivity index (χ4n) is 5.59. The zero-order valence-electron chi connectivity index (χ0n) is 21.3. The minimum absolute atomic E-state index is 0.0351. The van der Waals surface area contributed by atoms with Crippen LogP contribution in [0, 0.1) is 18.8 Å². The number of fused-ring (bicyclic) bond motifs is 2. The first-order chi connectivity index (χ1) is 17.0. The standard InChI is InChI=1S/C29H38N2O4/c1-20(2)16-31(17-22-14-21(3)27-26(15-22)33-11-5-12-34-27)29(32)25-8-10-30(19-25)18-24-7-4-6-23-9-13-35-28(23)24/h4,6-7,14-15,20,25H,5,8-13,16-19H2,1-3H3. The zero-order valence-corrected chi connectivity index (χ0v) is 21.3. The van der Waals surface area contributed by atoms with E-state index in [2.05, 4.69) is 60.9 Å². The van der Waals surface area contributed by atoms with Crippen LogP contribution in [0.2, 0.25) is 0 Å². The van der Waals surface area contributed by atoms with Gasteiger partial charge in [0.15, 0.2) is 11.5 Å². The van der Waals surface area contributed by atoms with Crippen LogP contribution in [0.15, 0.2) is 30.3 Å². The van der Waals surface area contributed by atoms with Crippen molar-refractivity contribution >= 4 is 5.91 Å². The predicted molar refractivity (Wildman–Crippen MR) is 136 cm³/mol. The number of carbonyl (C=O) groups is 1. The second kappa shape index (κ2) is 10.5. The first-order valence-electron chi connectivity index (χ1n) is 13.1. The van der Waals surface area contributed by atoms with E-state index in [0.717, 1.165) is 80.4 Å². The fraction of sp³-hybridized carbons (Fsp3) is 0.552. The largest absolute Gasteiger partial charge is 0.493 e. The van der Waals surface area contributed by atoms with Gasteiger partial charge in [-0.3, -0.25) is 9.69 Å². The van der Waals surface area contributed by atoms with Crippen molar-refractivity contribution in [2.75, 3.05) is 39.5 Å². The Morgan fingerprint density at radius 1 is 1.11 bits per heavy atom. The molecule has 6 nitrogen and oxygen atoms in total. The summed E-state index contributed by atoms with van der Waals surface area (Å²) < 4.78 is 17.7. The van der Waals surface area contributed by atoms with Gasteiger partial charge in [0, 0.05) is 44.6 Å². The summed E-state index contributed by atoms with van der Waals surface area (Å²) in [6.45, 7) is 12.5. The lowest BCUT2D eigenvalue weighted by atomic mass is 10.0. The molecular weight excluding hydrogens is 440 g/mol. The van der Waals surface area contributed by atoms with Gasteiger partial charge in [-0.05, 0) is 48.6 Å². The van der Waals surface area contributed by atoms with Gasteiger partial charge in [0.1, 0.15) is 5.75 Å². The van der Waals surface area contributed by atoms with E-state index in [4.69, 9.17) is 14.2 Å². The maximum atomic E-state index is 13.7. The number of hydrogen-bond donors (Lipinski definition) is 0. The Bertz CT molecular complexity index is 1070. The maximum Gasteiger partial charge on any atom is 0.227 e. The SMILES string of the molecule is Cc1cc(CN(CC(C)C)C(=O)C2CCN(Cc3cccc4c3OCC4)C2)cc2c1OCCCO2. The lowest BCUT2D eigenvalue weighted by Gasteiger charge is -2.28. The average Bonchev–Trinajstić information content (AvgIpc) is 3.43. The highest BCUT2D eigenvalue weighted by Crippen LogP contribution is 2.35. The number of ether oxygens (including phenoxy) is 3. The lowest BCUT2D eigenvalue weighted by molar-refractivity contribution is -0.136. The molecule has 2 aromatic rings. The Hall–Kier alpha value is -2.73. The Balaban J connectivity index is 1.27. The number of hydrogen-bond acceptors (Lipinski definition) is 5. The van der Waals surface area contributed by atoms with E-state index in [1.807, 2.05) is 0 Å². The molecule has 35 heavy (non-hydrogen) atoms. The van der Waals surface area contributed by atoms with Crippen LogP contribution in [-0.4, -0.2) is 55.2 Å². The van der Waals surface area contributed by atoms with Crippen LogP contribution in [0.5, 0.6) is 17.2 Å². The maximum absolute atomic E-state index is 13.7. The van der Waals surface area contributed by atoms with E-state index in [0.29, 0.717) is 25.7 Å². The molecule has 0 N–H and O–H groups in total. The topological polar surface area (TPSA) is 51.2 Å². The molecular formula is C29H38N2O4. The number of aryl methyl sites for hydroxylation is 1. The van der Waals surface area contributed by atoms with E-state index in [1.165, 1.54) is 11.1 Å². The predicted octanol–water partition coefficient (Wildman–Crippen LogP) is 4.60. The molecule has 3 aliphatic rings. The summed E-state index contributed by atoms with van der Waals surface area (Å²) in [5, 5.41) is 0. The molecule has 1 amide bonds. The fourth-order valence-corrected chi connectivity index (χ4v) is 5.59. The van der Waals surface area contributed by atoms with Gasteiger partial charge in [-0.15, -0.1) is 0 Å². The number of carbonyl (C=O) groups excluding carboxylic acids is 1. The van der Waals surface area contributed by atoms with Gasteiger partial charge < -0.3 is 19.1 Å². The van der Waals surface area contributed by atoms with E-state index < -0.39 is 0 Å². The second-order valence-electron chi connectivity index (χ2n) is 10.6. The van der Waals surface area contributed by atoms with Crippen molar-refractivity contribution in [3.63, 3.8) is 0 Å². The van der Waals surface area contributed by atoms with Crippen molar-refractivity contribution in [2.24, 2.45) is 11.8 Å². The normalized spacial score (nSPS) is 19.4. The van der Waals surface area contributed by atoms with Crippen LogP contribution in [0.25, 0.3) is 0 Å². The van der Waals surface area contributed by atoms with E-state index in [-0.39, 0.29) is 11.8 Å². The van der Waals surface area contributed by atoms with Crippen molar-refractivity contribution in [3.8, 4) is 17.2 Å². The van der Waals surface area contributed by atoms with Crippen LogP contribution < -0.4 is 14.2 Å². The van der Waals surface area contributed by atoms with Gasteiger partial charge in [-0.25, -0.2) is 0 Å². The molecule has 0 aliphatic carbocycles. The van der Waals surface area contributed by atoms with Crippen molar-refractivity contribution in [3.05, 3.63) is 52.6 Å². The number of nitrogens with zero attached hydrogens (tertiary/aromatic N) is 2. The third-order valence-electron chi connectivity index (χ3n) is 7.18. The first-order valence-corrected chi connectivity index (χ1v) is 13.1. The highest BCUT2D eigenvalue weighted by atomic mass is 16.5. The number of amides is 1. The van der Waals surface area contributed by atoms with Gasteiger partial charge in [-0.2, -0.15) is 0 Å². The summed E-state index contributed by atoms with van der Waals surface area (Å²) in [4.78, 5) is 18.2. The van der Waals surface area contributed by atoms with Gasteiger partial charge in [0.25, 0.3) is 0 Å². The first kappa shape index (κ1) is 24.0. The van der Waals surface area contributed by atoms with E-state index in [9.17, 15) is 4.79 Å². The Morgan fingerprint density at radius 2 is 1.94 bits per heavy atom. The minimum atomic E-state index is 0.0351. The molecule has 0 bridgehead atoms. The average molecular weight is 479 g/mol. The highest BCUT2D eigenvalue weighted by molar-refractivity contribution is 5.79. The van der Waals surface area contributed by atoms with Crippen molar-refractivity contribution < 1.29 is 19.0 Å². The summed E-state index contributed by atoms with van der Waals surface area (Å²) in [6.07, 6.45) is 2.79. The van der Waals surface area contributed by atoms with E-state index in [1.54, 1.807) is 0 Å². The molecule has 6 heteroatoms. The van der Waals surface area contributed by atoms with Crippen molar-refractivity contribution in [2.45, 2.75) is 53.1 Å². The number of para-hydroxylation sites is 1. The smallest absolute Gasteiger partial charge is 0.227 e. The summed E-state index contributed by atoms with van der Waals surface area (Å²) in [6, 6.07) is 10.7. The molecule has 1 atom stereocenters. The zero-order chi connectivity index (χ0) is 24.4.